The van der Waals surface area contributed by atoms with E-state index < -0.39 is 16.1 Å². The highest BCUT2D eigenvalue weighted by Crippen LogP contribution is 2.31. The van der Waals surface area contributed by atoms with Crippen LogP contribution in [0.25, 0.3) is 22.3 Å². The maximum Gasteiger partial charge on any atom is 0.0776 e. The predicted molar refractivity (Wildman–Crippen MR) is 123 cm³/mol. The van der Waals surface area contributed by atoms with E-state index in [4.69, 9.17) is 0 Å². The summed E-state index contributed by atoms with van der Waals surface area (Å²) in [5.41, 5.74) is 5.33. The summed E-state index contributed by atoms with van der Waals surface area (Å²) in [6, 6.07) is 27.2. The minimum Gasteiger partial charge on any atom is -0.0656 e. The minimum atomic E-state index is -1.32. The van der Waals surface area contributed by atoms with Gasteiger partial charge in [-0.1, -0.05) is 122 Å². The largest absolute Gasteiger partial charge is 0.0776 e. The zero-order valence-corrected chi connectivity index (χ0v) is 18.9. The van der Waals surface area contributed by atoms with Crippen LogP contribution in [0, 0.1) is 0 Å². The Kier molecular flexibility index (Phi) is 5.09. The van der Waals surface area contributed by atoms with E-state index in [1.54, 1.807) is 0 Å². The van der Waals surface area contributed by atoms with Gasteiger partial charge in [0.25, 0.3) is 0 Å². The molecule has 0 aliphatic rings. The Morgan fingerprint density at radius 3 is 1.19 bits per heavy atom. The van der Waals surface area contributed by atoms with Crippen LogP contribution >= 0.6 is 0 Å². The predicted octanol–water partition coefficient (Wildman–Crippen LogP) is 6.11. The molecular weight excluding hydrogens is 344 g/mol. The Balaban J connectivity index is 2.14. The van der Waals surface area contributed by atoms with Crippen molar-refractivity contribution < 1.29 is 0 Å². The van der Waals surface area contributed by atoms with Gasteiger partial charge < -0.3 is 0 Å². The molecule has 0 radical (unpaired) electrons. The lowest BCUT2D eigenvalue weighted by molar-refractivity contribution is 1.58. The van der Waals surface area contributed by atoms with Crippen LogP contribution in [-0.2, 0) is 0 Å². The molecule has 0 nitrogen and oxygen atoms in total. The highest BCUT2D eigenvalue weighted by Gasteiger charge is 2.19. The van der Waals surface area contributed by atoms with Crippen LogP contribution < -0.4 is 10.4 Å². The molecule has 0 spiro atoms. The first-order chi connectivity index (χ1) is 12.2. The molecule has 0 unspecified atom stereocenters. The van der Waals surface area contributed by atoms with Gasteiger partial charge in [-0.25, -0.2) is 0 Å². The number of hydrogen-bond donors (Lipinski definition) is 0. The van der Waals surface area contributed by atoms with Crippen LogP contribution in [0.4, 0.5) is 0 Å². The van der Waals surface area contributed by atoms with E-state index in [-0.39, 0.29) is 0 Å². The van der Waals surface area contributed by atoms with E-state index in [0.717, 1.165) is 0 Å². The molecule has 26 heavy (non-hydrogen) atoms. The van der Waals surface area contributed by atoms with Crippen molar-refractivity contribution in [2.45, 2.75) is 39.3 Å². The Morgan fingerprint density at radius 2 is 0.846 bits per heavy atom. The van der Waals surface area contributed by atoms with Crippen LogP contribution in [0.2, 0.25) is 39.3 Å². The first kappa shape index (κ1) is 18.9. The molecule has 0 bridgehead atoms. The van der Waals surface area contributed by atoms with E-state index in [0.29, 0.717) is 0 Å². The minimum absolute atomic E-state index is 1.32. The van der Waals surface area contributed by atoms with Crippen molar-refractivity contribution in [1.29, 1.82) is 0 Å². The van der Waals surface area contributed by atoms with E-state index >= 15 is 0 Å². The summed E-state index contributed by atoms with van der Waals surface area (Å²) < 4.78 is 0. The lowest BCUT2D eigenvalue weighted by Gasteiger charge is -2.20. The zero-order chi connectivity index (χ0) is 18.9. The third kappa shape index (κ3) is 4.08. The smallest absolute Gasteiger partial charge is 0.0656 e. The standard InChI is InChI=1S/C24H30Si2/c1-25(2,3)21-13-9-11-19(17-21)23-15-7-8-16-24(23)20-12-10-14-22(18-20)26(4,5)6/h7-18H,1-6H3. The molecule has 0 aromatic heterocycles. The average Bonchev–Trinajstić information content (AvgIpc) is 2.60. The van der Waals surface area contributed by atoms with Crippen molar-refractivity contribution >= 4 is 26.5 Å². The second-order valence-corrected chi connectivity index (χ2v) is 19.4. The lowest BCUT2D eigenvalue weighted by atomic mass is 9.95. The van der Waals surface area contributed by atoms with Crippen molar-refractivity contribution in [2.24, 2.45) is 0 Å². The maximum absolute atomic E-state index is 2.41. The zero-order valence-electron chi connectivity index (χ0n) is 16.9. The third-order valence-corrected chi connectivity index (χ3v) is 9.09. The highest BCUT2D eigenvalue weighted by molar-refractivity contribution is 6.89. The van der Waals surface area contributed by atoms with Crippen molar-refractivity contribution in [2.75, 3.05) is 0 Å². The van der Waals surface area contributed by atoms with Crippen LogP contribution in [0.1, 0.15) is 0 Å². The van der Waals surface area contributed by atoms with Crippen molar-refractivity contribution in [3.8, 4) is 22.3 Å². The topological polar surface area (TPSA) is 0 Å². The number of rotatable bonds is 4. The first-order valence-corrected chi connectivity index (χ1v) is 16.5. The molecule has 3 rings (SSSR count). The Bertz CT molecular complexity index is 835. The van der Waals surface area contributed by atoms with Gasteiger partial charge in [0.2, 0.25) is 0 Å². The van der Waals surface area contributed by atoms with Gasteiger partial charge >= 0.3 is 0 Å². The molecule has 0 saturated heterocycles. The molecule has 0 aliphatic heterocycles. The first-order valence-electron chi connectivity index (χ1n) is 9.47. The summed E-state index contributed by atoms with van der Waals surface area (Å²) in [6.45, 7) is 14.5. The lowest BCUT2D eigenvalue weighted by Crippen LogP contribution is -2.37. The van der Waals surface area contributed by atoms with Crippen LogP contribution in [0.15, 0.2) is 72.8 Å². The molecule has 3 aromatic rings. The molecule has 0 atom stereocenters. The summed E-state index contributed by atoms with van der Waals surface area (Å²) in [7, 11) is -2.65. The monoisotopic (exact) mass is 374 g/mol. The van der Waals surface area contributed by atoms with Gasteiger partial charge in [0, 0.05) is 0 Å². The number of benzene rings is 3. The Hall–Kier alpha value is -1.91. The van der Waals surface area contributed by atoms with E-state index in [1.807, 2.05) is 0 Å². The van der Waals surface area contributed by atoms with Gasteiger partial charge in [0.1, 0.15) is 0 Å². The Morgan fingerprint density at radius 1 is 0.462 bits per heavy atom. The molecule has 0 fully saturated rings. The molecule has 0 saturated carbocycles. The molecule has 0 N–H and O–H groups in total. The van der Waals surface area contributed by atoms with Gasteiger partial charge in [-0.05, 0) is 22.3 Å². The molecule has 0 heterocycles. The maximum atomic E-state index is 2.41. The van der Waals surface area contributed by atoms with Gasteiger partial charge in [-0.2, -0.15) is 0 Å². The second kappa shape index (κ2) is 7.01. The second-order valence-electron chi connectivity index (χ2n) is 9.21. The average molecular weight is 375 g/mol. The van der Waals surface area contributed by atoms with Gasteiger partial charge in [0.15, 0.2) is 0 Å². The van der Waals surface area contributed by atoms with Crippen molar-refractivity contribution in [1.82, 2.24) is 0 Å². The fourth-order valence-electron chi connectivity index (χ4n) is 3.29. The van der Waals surface area contributed by atoms with Crippen LogP contribution in [0.3, 0.4) is 0 Å². The molecule has 3 aromatic carbocycles. The Labute approximate surface area is 160 Å². The highest BCUT2D eigenvalue weighted by atomic mass is 28.3. The van der Waals surface area contributed by atoms with E-state index in [2.05, 4.69) is 112 Å². The summed E-state index contributed by atoms with van der Waals surface area (Å²) in [5.74, 6) is 0. The normalized spacial score (nSPS) is 12.2. The number of hydrogen-bond acceptors (Lipinski definition) is 0. The van der Waals surface area contributed by atoms with Crippen molar-refractivity contribution in [3.05, 3.63) is 72.8 Å². The fourth-order valence-corrected chi connectivity index (χ4v) is 5.66. The van der Waals surface area contributed by atoms with Crippen LogP contribution in [-0.4, -0.2) is 16.1 Å². The molecule has 134 valence electrons. The SMILES string of the molecule is C[Si](C)(C)c1cccc(-c2ccccc2-c2cccc([Si](C)(C)C)c2)c1. The van der Waals surface area contributed by atoms with E-state index in [9.17, 15) is 0 Å². The molecule has 2 heteroatoms. The summed E-state index contributed by atoms with van der Waals surface area (Å²) in [4.78, 5) is 0. The van der Waals surface area contributed by atoms with E-state index in [1.165, 1.54) is 32.6 Å². The quantitative estimate of drug-likeness (QED) is 0.483. The summed E-state index contributed by atoms with van der Waals surface area (Å²) in [5, 5.41) is 3.03. The van der Waals surface area contributed by atoms with Gasteiger partial charge in [0.05, 0.1) is 16.1 Å². The third-order valence-electron chi connectivity index (χ3n) is 5.01. The molecule has 0 amide bonds. The summed E-state index contributed by atoms with van der Waals surface area (Å²) >= 11 is 0. The van der Waals surface area contributed by atoms with Crippen LogP contribution in [0.5, 0.6) is 0 Å². The molecule has 0 aliphatic carbocycles. The van der Waals surface area contributed by atoms with Gasteiger partial charge in [-0.15, -0.1) is 0 Å². The summed E-state index contributed by atoms with van der Waals surface area (Å²) in [6.07, 6.45) is 0. The fraction of sp³-hybridized carbons (Fsp3) is 0.250. The molecular formula is C24H30Si2. The van der Waals surface area contributed by atoms with Gasteiger partial charge in [-0.3, -0.25) is 0 Å². The van der Waals surface area contributed by atoms with Crippen molar-refractivity contribution in [3.63, 3.8) is 0 Å².